The Bertz CT molecular complexity index is 2470. The van der Waals surface area contributed by atoms with E-state index in [0.29, 0.717) is 25.7 Å². The van der Waals surface area contributed by atoms with Gasteiger partial charge in [0.15, 0.2) is 18.2 Å². The Hall–Kier alpha value is -6.10. The number of nitrogens with zero attached hydrogens (tertiary/aromatic N) is 2. The van der Waals surface area contributed by atoms with E-state index >= 15 is 0 Å². The first-order valence-electron chi connectivity index (χ1n) is 24.0. The summed E-state index contributed by atoms with van der Waals surface area (Å²) in [6, 6.07) is 19.0. The van der Waals surface area contributed by atoms with Gasteiger partial charge in [-0.05, 0) is 123 Å². The summed E-state index contributed by atoms with van der Waals surface area (Å²) in [5.41, 5.74) is 2.91. The van der Waals surface area contributed by atoms with E-state index in [0.717, 1.165) is 92.5 Å². The van der Waals surface area contributed by atoms with Crippen LogP contribution in [-0.2, 0) is 28.7 Å². The molecule has 68 heavy (non-hydrogen) atoms. The van der Waals surface area contributed by atoms with Gasteiger partial charge in [0.05, 0.1) is 42.7 Å². The molecule has 2 aliphatic carbocycles. The minimum absolute atomic E-state index is 0.0225. The van der Waals surface area contributed by atoms with Gasteiger partial charge in [0.2, 0.25) is 17.7 Å². The molecule has 360 valence electrons. The Balaban J connectivity index is 0.637. The van der Waals surface area contributed by atoms with E-state index in [1.54, 1.807) is 24.4 Å². The maximum atomic E-state index is 14.0. The molecule has 3 fully saturated rings. The molecule has 0 spiro atoms. The molecule has 0 bridgehead atoms. The molecule has 0 radical (unpaired) electrons. The van der Waals surface area contributed by atoms with E-state index in [4.69, 9.17) is 18.9 Å². The van der Waals surface area contributed by atoms with Crippen molar-refractivity contribution in [3.63, 3.8) is 0 Å². The van der Waals surface area contributed by atoms with Crippen LogP contribution in [0.4, 0.5) is 10.1 Å². The molecule has 2 unspecified atom stereocenters. The number of ketones is 2. The topological polar surface area (TPSA) is 192 Å². The first-order chi connectivity index (χ1) is 33.0. The van der Waals surface area contributed by atoms with E-state index in [1.807, 2.05) is 37.3 Å². The van der Waals surface area contributed by atoms with Gasteiger partial charge in [-0.2, -0.15) is 0 Å². The van der Waals surface area contributed by atoms with Gasteiger partial charge in [0, 0.05) is 68.0 Å². The van der Waals surface area contributed by atoms with Crippen LogP contribution in [0.1, 0.15) is 96.9 Å². The number of Topliss-reactive ketones (excluding diaryl/α,β-unsaturated/α-hetero) is 2. The van der Waals surface area contributed by atoms with Crippen molar-refractivity contribution in [2.45, 2.75) is 76.7 Å². The molecular formula is C52H60FN5O10. The summed E-state index contributed by atoms with van der Waals surface area (Å²) in [5.74, 6) is -3.53. The summed E-state index contributed by atoms with van der Waals surface area (Å²) in [7, 11) is 0. The molecule has 4 aliphatic rings. The number of carbonyl (C=O) groups excluding carboxylic acids is 6. The number of nitrogens with one attached hydrogen (secondary N) is 3. The Kier molecular flexibility index (Phi) is 16.2. The smallest absolute Gasteiger partial charge is 0.258 e. The fourth-order valence-corrected chi connectivity index (χ4v) is 10.1. The summed E-state index contributed by atoms with van der Waals surface area (Å²) in [4.78, 5) is 82.9. The number of hydrogen-bond acceptors (Lipinski definition) is 12. The number of likely N-dealkylation sites (tertiary alicyclic amines) is 1. The Morgan fingerprint density at radius 1 is 0.868 bits per heavy atom. The highest BCUT2D eigenvalue weighted by atomic mass is 19.1. The van der Waals surface area contributed by atoms with E-state index in [1.165, 1.54) is 18.2 Å². The standard InChI is InChI=1S/C52H60FN5O10/c1-32(33-6-8-34(9-7-33)39-18-21-54-43-16-10-35(53)30-42(39)43)51(63)56-36-11-13-37(14-12-36)68-38-19-24-58(25-20-38)23-3-26-65-28-29-66-27-22-55-46(60)31-67-44-5-2-4-40-47(44)50(62)48(49(40)61)41-15-17-45(59)57-52(41)64/h2,4-5,10-14,16,18,21,30,32-34,38,41,48H,3,6-9,15,17,19-20,22-29,31H2,1H3,(H,55,60)(H,56,63)(H,57,59,64)/t32-,33-,34+,41?,48?/m1/s1. The summed E-state index contributed by atoms with van der Waals surface area (Å²) in [5, 5.41) is 8.90. The number of piperidine rings is 2. The Labute approximate surface area is 395 Å². The molecule has 4 aromatic rings. The lowest BCUT2D eigenvalue weighted by Gasteiger charge is -2.32. The van der Waals surface area contributed by atoms with Crippen LogP contribution < -0.4 is 25.4 Å². The molecule has 15 nitrogen and oxygen atoms in total. The highest BCUT2D eigenvalue weighted by Gasteiger charge is 2.48. The van der Waals surface area contributed by atoms with Gasteiger partial charge >= 0.3 is 0 Å². The maximum absolute atomic E-state index is 14.0. The molecule has 3 aromatic carbocycles. The zero-order chi connectivity index (χ0) is 47.6. The van der Waals surface area contributed by atoms with Gasteiger partial charge < -0.3 is 34.5 Å². The molecule has 3 N–H and O–H groups in total. The highest BCUT2D eigenvalue weighted by Crippen LogP contribution is 2.42. The number of aromatic nitrogens is 1. The van der Waals surface area contributed by atoms with Crippen molar-refractivity contribution in [2.24, 2.45) is 23.7 Å². The van der Waals surface area contributed by atoms with Crippen molar-refractivity contribution in [3.05, 3.63) is 95.4 Å². The van der Waals surface area contributed by atoms with E-state index in [2.05, 4.69) is 25.8 Å². The number of imide groups is 1. The van der Waals surface area contributed by atoms with Crippen molar-refractivity contribution in [3.8, 4) is 11.5 Å². The lowest BCUT2D eigenvalue weighted by Crippen LogP contribution is -2.46. The predicted molar refractivity (Wildman–Crippen MR) is 250 cm³/mol. The van der Waals surface area contributed by atoms with Gasteiger partial charge in [0.1, 0.15) is 23.4 Å². The van der Waals surface area contributed by atoms with Crippen molar-refractivity contribution in [2.75, 3.05) is 64.5 Å². The van der Waals surface area contributed by atoms with Crippen molar-refractivity contribution >= 4 is 51.8 Å². The maximum Gasteiger partial charge on any atom is 0.258 e. The molecule has 4 amide bonds. The number of carbonyl (C=O) groups is 6. The van der Waals surface area contributed by atoms with Gasteiger partial charge in [-0.15, -0.1) is 0 Å². The van der Waals surface area contributed by atoms with Crippen LogP contribution in [0.5, 0.6) is 11.5 Å². The zero-order valence-electron chi connectivity index (χ0n) is 38.5. The van der Waals surface area contributed by atoms with Crippen molar-refractivity contribution < 1.29 is 52.1 Å². The summed E-state index contributed by atoms with van der Waals surface area (Å²) >= 11 is 0. The number of halogens is 1. The molecule has 16 heteroatoms. The third-order valence-corrected chi connectivity index (χ3v) is 13.9. The Morgan fingerprint density at radius 2 is 1.63 bits per heavy atom. The second-order valence-electron chi connectivity index (χ2n) is 18.3. The number of anilines is 1. The second-order valence-corrected chi connectivity index (χ2v) is 18.3. The fourth-order valence-electron chi connectivity index (χ4n) is 10.1. The molecular weight excluding hydrogens is 874 g/mol. The van der Waals surface area contributed by atoms with Crippen molar-refractivity contribution in [1.29, 1.82) is 0 Å². The molecule has 3 heterocycles. The van der Waals surface area contributed by atoms with Crippen LogP contribution in [-0.4, -0.2) is 110 Å². The predicted octanol–water partition coefficient (Wildman–Crippen LogP) is 6.43. The van der Waals surface area contributed by atoms with Gasteiger partial charge in [-0.3, -0.25) is 39.1 Å². The number of pyridine rings is 1. The SMILES string of the molecule is C[C@@H](C(=O)Nc1ccc(OC2CCN(CCCOCCOCCNC(=O)COc3cccc4c3C(=O)C(C3CCC(=O)NC3=O)C4=O)CC2)cc1)[C@H]1CC[C@@H](c2ccnc3ccc(F)cc32)CC1. The average Bonchev–Trinajstić information content (AvgIpc) is 3.60. The number of benzene rings is 3. The van der Waals surface area contributed by atoms with Crippen LogP contribution in [0.3, 0.4) is 0 Å². The van der Waals surface area contributed by atoms with E-state index in [9.17, 15) is 33.2 Å². The molecule has 3 atom stereocenters. The monoisotopic (exact) mass is 933 g/mol. The fraction of sp³-hybridized carbons (Fsp3) is 0.481. The Morgan fingerprint density at radius 3 is 2.40 bits per heavy atom. The lowest BCUT2D eigenvalue weighted by atomic mass is 9.73. The summed E-state index contributed by atoms with van der Waals surface area (Å²) < 4.78 is 37.3. The van der Waals surface area contributed by atoms with Crippen molar-refractivity contribution in [1.82, 2.24) is 20.5 Å². The number of hydrogen-bond donors (Lipinski definition) is 3. The largest absolute Gasteiger partial charge is 0.490 e. The van der Waals surface area contributed by atoms with Crippen LogP contribution in [0, 0.1) is 29.5 Å². The molecule has 2 aliphatic heterocycles. The van der Waals surface area contributed by atoms with Gasteiger partial charge in [-0.1, -0.05) is 19.1 Å². The molecule has 8 rings (SSSR count). The van der Waals surface area contributed by atoms with Gasteiger partial charge in [-0.25, -0.2) is 4.39 Å². The highest BCUT2D eigenvalue weighted by molar-refractivity contribution is 6.29. The second kappa shape index (κ2) is 22.8. The number of ether oxygens (including phenoxy) is 4. The third kappa shape index (κ3) is 11.9. The van der Waals surface area contributed by atoms with Crippen LogP contribution >= 0.6 is 0 Å². The molecule has 1 saturated carbocycles. The minimum atomic E-state index is -1.22. The number of amides is 4. The molecule has 1 aromatic heterocycles. The zero-order valence-corrected chi connectivity index (χ0v) is 38.5. The summed E-state index contributed by atoms with van der Waals surface area (Å²) in [6.45, 7) is 6.36. The van der Waals surface area contributed by atoms with Gasteiger partial charge in [0.25, 0.3) is 5.91 Å². The summed E-state index contributed by atoms with van der Waals surface area (Å²) in [6.07, 6.45) is 8.63. The molecule has 2 saturated heterocycles. The van der Waals surface area contributed by atoms with E-state index < -0.39 is 41.1 Å². The van der Waals surface area contributed by atoms with Crippen LogP contribution in [0.2, 0.25) is 0 Å². The first-order valence-corrected chi connectivity index (χ1v) is 24.0. The number of rotatable bonds is 20. The minimum Gasteiger partial charge on any atom is -0.490 e. The average molecular weight is 934 g/mol. The van der Waals surface area contributed by atoms with E-state index in [-0.39, 0.29) is 79.1 Å². The van der Waals surface area contributed by atoms with Crippen LogP contribution in [0.25, 0.3) is 10.9 Å². The number of fused-ring (bicyclic) bond motifs is 2. The lowest BCUT2D eigenvalue weighted by molar-refractivity contribution is -0.137. The third-order valence-electron chi connectivity index (χ3n) is 13.9. The van der Waals surface area contributed by atoms with Crippen LogP contribution in [0.15, 0.2) is 72.9 Å². The quantitative estimate of drug-likeness (QED) is 0.0501. The first kappa shape index (κ1) is 48.4. The normalized spacial score (nSPS) is 21.6.